The summed E-state index contributed by atoms with van der Waals surface area (Å²) in [6.45, 7) is 3.18. The lowest BCUT2D eigenvalue weighted by Crippen LogP contribution is -2.08. The quantitative estimate of drug-likeness (QED) is 0.247. The van der Waals surface area contributed by atoms with Crippen LogP contribution >= 0.6 is 11.6 Å². The highest BCUT2D eigenvalue weighted by Crippen LogP contribution is 2.24. The van der Waals surface area contributed by atoms with Crippen molar-refractivity contribution >= 4 is 22.5 Å². The minimum Gasteiger partial charge on any atom is -0.516 e. The van der Waals surface area contributed by atoms with Gasteiger partial charge in [0, 0.05) is 21.9 Å². The minimum atomic E-state index is 0.106. The summed E-state index contributed by atoms with van der Waals surface area (Å²) in [5, 5.41) is 10.6. The minimum absolute atomic E-state index is 0.106. The molecule has 3 aromatic carbocycles. The van der Waals surface area contributed by atoms with Gasteiger partial charge in [-0.3, -0.25) is 0 Å². The van der Waals surface area contributed by atoms with E-state index >= 15 is 0 Å². The van der Waals surface area contributed by atoms with Gasteiger partial charge in [-0.25, -0.2) is 4.98 Å². The molecule has 0 aliphatic rings. The zero-order valence-corrected chi connectivity index (χ0v) is 19.6. The molecule has 0 aliphatic heterocycles. The number of rotatable bonds is 10. The van der Waals surface area contributed by atoms with E-state index in [1.165, 1.54) is 0 Å². The van der Waals surface area contributed by atoms with Gasteiger partial charge in [-0.1, -0.05) is 48.9 Å². The van der Waals surface area contributed by atoms with Crippen molar-refractivity contribution in [2.24, 2.45) is 5.92 Å². The van der Waals surface area contributed by atoms with Crippen molar-refractivity contribution in [3.8, 4) is 17.2 Å². The van der Waals surface area contributed by atoms with Crippen LogP contribution in [-0.4, -0.2) is 16.7 Å². The van der Waals surface area contributed by atoms with Gasteiger partial charge in [0.05, 0.1) is 24.1 Å². The Morgan fingerprint density at radius 2 is 1.59 bits per heavy atom. The third kappa shape index (κ3) is 6.42. The lowest BCUT2D eigenvalue weighted by Gasteiger charge is -2.14. The van der Waals surface area contributed by atoms with Crippen molar-refractivity contribution in [1.82, 2.24) is 4.98 Å². The summed E-state index contributed by atoms with van der Waals surface area (Å²) in [6.07, 6.45) is 2.74. The molecule has 1 N–H and O–H groups in total. The average molecular weight is 476 g/mol. The molecule has 4 rings (SSSR count). The van der Waals surface area contributed by atoms with Gasteiger partial charge in [-0.2, -0.15) is 0 Å². The second kappa shape index (κ2) is 11.4. The van der Waals surface area contributed by atoms with E-state index in [2.05, 4.69) is 4.98 Å². The summed E-state index contributed by atoms with van der Waals surface area (Å²) in [7, 11) is 0. The third-order valence-corrected chi connectivity index (χ3v) is 5.44. The summed E-state index contributed by atoms with van der Waals surface area (Å²) >= 11 is 6.07. The summed E-state index contributed by atoms with van der Waals surface area (Å²) in [4.78, 5) is 4.61. The summed E-state index contributed by atoms with van der Waals surface area (Å²) in [5.41, 5.74) is 2.63. The fourth-order valence-electron chi connectivity index (χ4n) is 3.35. The number of para-hydroxylation sites is 1. The maximum Gasteiger partial charge on any atom is 0.130 e. The van der Waals surface area contributed by atoms with Crippen LogP contribution in [0.15, 0.2) is 91.2 Å². The van der Waals surface area contributed by atoms with Gasteiger partial charge in [0.25, 0.3) is 0 Å². The van der Waals surface area contributed by atoms with E-state index in [4.69, 9.17) is 30.9 Å². The average Bonchev–Trinajstić information content (AvgIpc) is 2.86. The molecular weight excluding hydrogens is 450 g/mol. The second-order valence-corrected chi connectivity index (χ2v) is 8.36. The van der Waals surface area contributed by atoms with Crippen molar-refractivity contribution < 1.29 is 19.3 Å². The van der Waals surface area contributed by atoms with Crippen LogP contribution in [-0.2, 0) is 13.2 Å². The van der Waals surface area contributed by atoms with E-state index in [-0.39, 0.29) is 5.92 Å². The molecule has 5 nitrogen and oxygen atoms in total. The number of hydrogen-bond acceptors (Lipinski definition) is 5. The second-order valence-electron chi connectivity index (χ2n) is 7.93. The van der Waals surface area contributed by atoms with Crippen LogP contribution in [0.2, 0.25) is 5.02 Å². The molecule has 0 aliphatic carbocycles. The number of aliphatic hydroxyl groups excluding tert-OH is 1. The number of hydrogen-bond donors (Lipinski definition) is 1. The summed E-state index contributed by atoms with van der Waals surface area (Å²) < 4.78 is 17.7. The van der Waals surface area contributed by atoms with Crippen LogP contribution in [0.3, 0.4) is 0 Å². The highest BCUT2D eigenvalue weighted by atomic mass is 35.5. The molecule has 174 valence electrons. The van der Waals surface area contributed by atoms with Crippen molar-refractivity contribution in [2.75, 3.05) is 6.61 Å². The molecular formula is C28H26ClNO4. The Balaban J connectivity index is 1.31. The number of pyridine rings is 1. The van der Waals surface area contributed by atoms with Gasteiger partial charge < -0.3 is 19.3 Å². The Kier molecular flexibility index (Phi) is 7.89. The molecule has 0 saturated carbocycles. The van der Waals surface area contributed by atoms with Crippen LogP contribution in [0.25, 0.3) is 10.9 Å². The topological polar surface area (TPSA) is 60.8 Å². The zero-order valence-electron chi connectivity index (χ0n) is 18.9. The molecule has 0 amide bonds. The number of ether oxygens (including phenoxy) is 3. The Morgan fingerprint density at radius 1 is 0.882 bits per heavy atom. The van der Waals surface area contributed by atoms with Crippen molar-refractivity contribution in [3.05, 3.63) is 107 Å². The number of nitrogens with zero attached hydrogens (tertiary/aromatic N) is 1. The molecule has 1 unspecified atom stereocenters. The Morgan fingerprint density at radius 3 is 2.35 bits per heavy atom. The molecule has 1 aromatic heterocycles. The van der Waals surface area contributed by atoms with Crippen LogP contribution in [0, 0.1) is 5.92 Å². The van der Waals surface area contributed by atoms with E-state index in [9.17, 15) is 0 Å². The van der Waals surface area contributed by atoms with Gasteiger partial charge in [-0.05, 0) is 54.6 Å². The van der Waals surface area contributed by atoms with Gasteiger partial charge in [-0.15, -0.1) is 0 Å². The number of halogens is 1. The van der Waals surface area contributed by atoms with Crippen LogP contribution in [0.5, 0.6) is 17.2 Å². The van der Waals surface area contributed by atoms with Gasteiger partial charge in [0.2, 0.25) is 0 Å². The first kappa shape index (κ1) is 23.5. The monoisotopic (exact) mass is 475 g/mol. The molecule has 0 radical (unpaired) electrons. The Labute approximate surface area is 204 Å². The lowest BCUT2D eigenvalue weighted by molar-refractivity contribution is 0.261. The van der Waals surface area contributed by atoms with Gasteiger partial charge >= 0.3 is 0 Å². The maximum absolute atomic E-state index is 8.88. The number of benzene rings is 3. The largest absolute Gasteiger partial charge is 0.516 e. The summed E-state index contributed by atoms with van der Waals surface area (Å²) in [5.74, 6) is 2.34. The number of fused-ring (bicyclic) bond motifs is 1. The van der Waals surface area contributed by atoms with E-state index in [0.29, 0.717) is 24.8 Å². The van der Waals surface area contributed by atoms with Crippen LogP contribution in [0.1, 0.15) is 18.2 Å². The molecule has 4 aromatic rings. The van der Waals surface area contributed by atoms with E-state index in [0.717, 1.165) is 45.7 Å². The smallest absolute Gasteiger partial charge is 0.130 e. The molecule has 1 heterocycles. The van der Waals surface area contributed by atoms with Gasteiger partial charge in [0.1, 0.15) is 30.5 Å². The molecule has 0 fully saturated rings. The van der Waals surface area contributed by atoms with E-state index in [1.807, 2.05) is 85.8 Å². The highest BCUT2D eigenvalue weighted by molar-refractivity contribution is 6.31. The summed E-state index contributed by atoms with van der Waals surface area (Å²) in [6, 6.07) is 24.9. The molecule has 0 spiro atoms. The van der Waals surface area contributed by atoms with Crippen molar-refractivity contribution in [1.29, 1.82) is 0 Å². The Hall–Kier alpha value is -3.70. The maximum atomic E-state index is 8.88. The van der Waals surface area contributed by atoms with Crippen LogP contribution in [0.4, 0.5) is 0 Å². The third-order valence-electron chi connectivity index (χ3n) is 5.21. The molecule has 0 saturated heterocycles. The molecule has 0 bridgehead atoms. The van der Waals surface area contributed by atoms with E-state index in [1.54, 1.807) is 6.08 Å². The number of aliphatic hydroxyl groups is 1. The standard InChI is InChI=1S/C28H26ClNO4/c1-20(14-15-31)17-34-28-5-3-2-4-22(28)18-32-25-10-12-26(13-11-25)33-19-24-9-7-21-6-8-23(29)16-27(21)30-24/h2-16,20,31H,17-19H2,1H3. The van der Waals surface area contributed by atoms with Crippen LogP contribution < -0.4 is 14.2 Å². The fraction of sp³-hybridized carbons (Fsp3) is 0.179. The van der Waals surface area contributed by atoms with Gasteiger partial charge in [0.15, 0.2) is 0 Å². The SMILES string of the molecule is CC(C=CO)COc1ccccc1COc1ccc(OCc2ccc3ccc(Cl)cc3n2)cc1. The first-order valence-electron chi connectivity index (χ1n) is 11.0. The highest BCUT2D eigenvalue weighted by Gasteiger charge is 2.07. The molecule has 6 heteroatoms. The first-order chi connectivity index (χ1) is 16.6. The van der Waals surface area contributed by atoms with E-state index < -0.39 is 0 Å². The van der Waals surface area contributed by atoms with Crippen molar-refractivity contribution in [2.45, 2.75) is 20.1 Å². The fourth-order valence-corrected chi connectivity index (χ4v) is 3.52. The molecule has 34 heavy (non-hydrogen) atoms. The lowest BCUT2D eigenvalue weighted by atomic mass is 10.2. The Bertz CT molecular complexity index is 1260. The predicted octanol–water partition coefficient (Wildman–Crippen LogP) is 7.13. The van der Waals surface area contributed by atoms with Crippen molar-refractivity contribution in [3.63, 3.8) is 0 Å². The predicted molar refractivity (Wildman–Crippen MR) is 135 cm³/mol. The zero-order chi connectivity index (χ0) is 23.8. The number of aromatic nitrogens is 1. The first-order valence-corrected chi connectivity index (χ1v) is 11.4. The normalized spacial score (nSPS) is 12.1. The molecule has 1 atom stereocenters.